The van der Waals surface area contributed by atoms with Gasteiger partial charge in [0.1, 0.15) is 11.4 Å². The SMILES string of the molecule is COc1nn(C)cc1C(=O)NCC(=O)Nc1ccccc1F. The van der Waals surface area contributed by atoms with Gasteiger partial charge in [0.2, 0.25) is 11.8 Å². The van der Waals surface area contributed by atoms with Gasteiger partial charge in [-0.15, -0.1) is 5.10 Å². The fraction of sp³-hybridized carbons (Fsp3) is 0.214. The van der Waals surface area contributed by atoms with Crippen molar-refractivity contribution in [3.8, 4) is 5.88 Å². The highest BCUT2D eigenvalue weighted by atomic mass is 19.1. The van der Waals surface area contributed by atoms with E-state index in [4.69, 9.17) is 4.74 Å². The van der Waals surface area contributed by atoms with Crippen LogP contribution in [-0.4, -0.2) is 35.2 Å². The molecular formula is C14H15FN4O3. The van der Waals surface area contributed by atoms with E-state index in [9.17, 15) is 14.0 Å². The van der Waals surface area contributed by atoms with Gasteiger partial charge in [0, 0.05) is 13.2 Å². The number of ether oxygens (including phenoxy) is 1. The normalized spacial score (nSPS) is 10.1. The van der Waals surface area contributed by atoms with Gasteiger partial charge in [0.15, 0.2) is 0 Å². The number of nitrogens with zero attached hydrogens (tertiary/aromatic N) is 2. The second-order valence-electron chi connectivity index (χ2n) is 4.44. The molecule has 2 N–H and O–H groups in total. The van der Waals surface area contributed by atoms with Gasteiger partial charge in [-0.1, -0.05) is 12.1 Å². The minimum absolute atomic E-state index is 0.0562. The van der Waals surface area contributed by atoms with E-state index in [1.165, 1.54) is 36.2 Å². The molecule has 0 saturated carbocycles. The largest absolute Gasteiger partial charge is 0.479 e. The number of carbonyl (C=O) groups is 2. The van der Waals surface area contributed by atoms with Crippen molar-refractivity contribution in [1.29, 1.82) is 0 Å². The second-order valence-corrected chi connectivity index (χ2v) is 4.44. The van der Waals surface area contributed by atoms with Gasteiger partial charge in [-0.2, -0.15) is 0 Å². The highest BCUT2D eigenvalue weighted by Gasteiger charge is 2.17. The predicted octanol–water partition coefficient (Wildman–Crippen LogP) is 0.936. The van der Waals surface area contributed by atoms with E-state index >= 15 is 0 Å². The zero-order valence-electron chi connectivity index (χ0n) is 12.1. The Morgan fingerprint density at radius 2 is 2.09 bits per heavy atom. The molecule has 0 spiro atoms. The van der Waals surface area contributed by atoms with Crippen LogP contribution in [0.4, 0.5) is 10.1 Å². The monoisotopic (exact) mass is 306 g/mol. The van der Waals surface area contributed by atoms with Crippen LogP contribution in [0.25, 0.3) is 0 Å². The highest BCUT2D eigenvalue weighted by molar-refractivity contribution is 6.00. The van der Waals surface area contributed by atoms with Crippen LogP contribution < -0.4 is 15.4 Å². The maximum absolute atomic E-state index is 13.4. The van der Waals surface area contributed by atoms with Gasteiger partial charge in [-0.3, -0.25) is 14.3 Å². The van der Waals surface area contributed by atoms with Crippen molar-refractivity contribution in [3.63, 3.8) is 0 Å². The number of nitrogens with one attached hydrogen (secondary N) is 2. The maximum atomic E-state index is 13.4. The van der Waals surface area contributed by atoms with Gasteiger partial charge in [-0.25, -0.2) is 4.39 Å². The molecule has 0 saturated heterocycles. The second kappa shape index (κ2) is 6.70. The molecule has 0 aliphatic carbocycles. The van der Waals surface area contributed by atoms with Crippen LogP contribution in [0.15, 0.2) is 30.5 Å². The summed E-state index contributed by atoms with van der Waals surface area (Å²) in [4.78, 5) is 23.7. The van der Waals surface area contributed by atoms with Crippen molar-refractivity contribution in [2.75, 3.05) is 19.0 Å². The number of benzene rings is 1. The van der Waals surface area contributed by atoms with Crippen molar-refractivity contribution in [1.82, 2.24) is 15.1 Å². The molecule has 0 radical (unpaired) electrons. The number of carbonyl (C=O) groups excluding carboxylic acids is 2. The first-order chi connectivity index (χ1) is 10.5. The molecule has 0 bridgehead atoms. The summed E-state index contributed by atoms with van der Waals surface area (Å²) in [5.74, 6) is -1.43. The molecule has 2 aromatic rings. The van der Waals surface area contributed by atoms with Crippen LogP contribution in [0.2, 0.25) is 0 Å². The summed E-state index contributed by atoms with van der Waals surface area (Å²) in [6.07, 6.45) is 1.48. The lowest BCUT2D eigenvalue weighted by Gasteiger charge is -2.07. The first kappa shape index (κ1) is 15.5. The third-order valence-electron chi connectivity index (χ3n) is 2.79. The summed E-state index contributed by atoms with van der Waals surface area (Å²) < 4.78 is 19.8. The lowest BCUT2D eigenvalue weighted by molar-refractivity contribution is -0.115. The van der Waals surface area contributed by atoms with E-state index in [-0.39, 0.29) is 23.7 Å². The number of aromatic nitrogens is 2. The summed E-state index contributed by atoms with van der Waals surface area (Å²) in [6, 6.07) is 5.77. The van der Waals surface area contributed by atoms with Crippen LogP contribution >= 0.6 is 0 Å². The molecule has 2 rings (SSSR count). The molecule has 1 heterocycles. The summed E-state index contributed by atoms with van der Waals surface area (Å²) in [6.45, 7) is -0.300. The quantitative estimate of drug-likeness (QED) is 0.861. The van der Waals surface area contributed by atoms with Crippen LogP contribution in [0.3, 0.4) is 0 Å². The number of rotatable bonds is 5. The number of para-hydroxylation sites is 1. The minimum Gasteiger partial charge on any atom is -0.479 e. The third kappa shape index (κ3) is 3.60. The fourth-order valence-corrected chi connectivity index (χ4v) is 1.79. The van der Waals surface area contributed by atoms with Gasteiger partial charge >= 0.3 is 0 Å². The first-order valence-electron chi connectivity index (χ1n) is 6.41. The van der Waals surface area contributed by atoms with Crippen LogP contribution in [0, 0.1) is 5.82 Å². The molecule has 1 aromatic heterocycles. The Hall–Kier alpha value is -2.90. The lowest BCUT2D eigenvalue weighted by Crippen LogP contribution is -2.33. The molecule has 0 unspecified atom stereocenters. The molecule has 116 valence electrons. The van der Waals surface area contributed by atoms with E-state index in [1.807, 2.05) is 0 Å². The Kier molecular flexibility index (Phi) is 4.72. The molecule has 2 amide bonds. The fourth-order valence-electron chi connectivity index (χ4n) is 1.79. The van der Waals surface area contributed by atoms with Crippen LogP contribution in [-0.2, 0) is 11.8 Å². The minimum atomic E-state index is -0.545. The number of halogens is 1. The average molecular weight is 306 g/mol. The number of methoxy groups -OCH3 is 1. The van der Waals surface area contributed by atoms with E-state index in [0.29, 0.717) is 0 Å². The standard InChI is InChI=1S/C14H15FN4O3/c1-19-8-9(14(18-19)22-2)13(21)16-7-12(20)17-11-6-4-3-5-10(11)15/h3-6,8H,7H2,1-2H3,(H,16,21)(H,17,20). The Labute approximate surface area is 126 Å². The predicted molar refractivity (Wildman–Crippen MR) is 77.1 cm³/mol. The molecule has 8 heteroatoms. The number of hydrogen-bond donors (Lipinski definition) is 2. The lowest BCUT2D eigenvalue weighted by atomic mass is 10.3. The topological polar surface area (TPSA) is 85.2 Å². The molecule has 22 heavy (non-hydrogen) atoms. The Morgan fingerprint density at radius 1 is 1.36 bits per heavy atom. The van der Waals surface area contributed by atoms with Gasteiger partial charge in [0.25, 0.3) is 5.91 Å². The third-order valence-corrected chi connectivity index (χ3v) is 2.79. The summed E-state index contributed by atoms with van der Waals surface area (Å²) in [5, 5.41) is 8.73. The zero-order valence-corrected chi connectivity index (χ0v) is 12.1. The van der Waals surface area contributed by atoms with Crippen molar-refractivity contribution < 1.29 is 18.7 Å². The van der Waals surface area contributed by atoms with Crippen molar-refractivity contribution >= 4 is 17.5 Å². The van der Waals surface area contributed by atoms with E-state index in [0.717, 1.165) is 0 Å². The van der Waals surface area contributed by atoms with E-state index < -0.39 is 17.6 Å². The van der Waals surface area contributed by atoms with Crippen molar-refractivity contribution in [2.45, 2.75) is 0 Å². The average Bonchev–Trinajstić information content (AvgIpc) is 2.88. The number of anilines is 1. The van der Waals surface area contributed by atoms with Crippen molar-refractivity contribution in [3.05, 3.63) is 41.8 Å². The van der Waals surface area contributed by atoms with Crippen LogP contribution in [0.5, 0.6) is 5.88 Å². The molecule has 7 nitrogen and oxygen atoms in total. The first-order valence-corrected chi connectivity index (χ1v) is 6.41. The van der Waals surface area contributed by atoms with E-state index in [2.05, 4.69) is 15.7 Å². The summed E-state index contributed by atoms with van der Waals surface area (Å²) >= 11 is 0. The van der Waals surface area contributed by atoms with Crippen molar-refractivity contribution in [2.24, 2.45) is 7.05 Å². The molecule has 0 aliphatic rings. The zero-order chi connectivity index (χ0) is 16.1. The Morgan fingerprint density at radius 3 is 2.77 bits per heavy atom. The number of amides is 2. The van der Waals surface area contributed by atoms with Gasteiger partial charge in [0.05, 0.1) is 19.3 Å². The summed E-state index contributed by atoms with van der Waals surface area (Å²) in [5.41, 5.74) is 0.268. The van der Waals surface area contributed by atoms with Gasteiger partial charge in [-0.05, 0) is 12.1 Å². The molecular weight excluding hydrogens is 291 g/mol. The smallest absolute Gasteiger partial charge is 0.258 e. The Bertz CT molecular complexity index is 699. The molecule has 0 fully saturated rings. The molecule has 0 aliphatic heterocycles. The summed E-state index contributed by atoms with van der Waals surface area (Å²) in [7, 11) is 3.04. The number of aryl methyl sites for hydroxylation is 1. The Balaban J connectivity index is 1.93. The molecule has 1 aromatic carbocycles. The molecule has 0 atom stereocenters. The van der Waals surface area contributed by atoms with Gasteiger partial charge < -0.3 is 15.4 Å². The van der Waals surface area contributed by atoms with E-state index in [1.54, 1.807) is 13.1 Å². The highest BCUT2D eigenvalue weighted by Crippen LogP contribution is 2.14. The maximum Gasteiger partial charge on any atom is 0.258 e. The van der Waals surface area contributed by atoms with Crippen LogP contribution in [0.1, 0.15) is 10.4 Å². The number of hydrogen-bond acceptors (Lipinski definition) is 4.